The normalized spacial score (nSPS) is 11.8. The lowest BCUT2D eigenvalue weighted by Gasteiger charge is -2.15. The number of hydrogen-bond acceptors (Lipinski definition) is 6. The molecule has 11 nitrogen and oxygen atoms in total. The number of H-pyrrole nitrogens is 1. The monoisotopic (exact) mass is 532 g/mol. The smallest absolute Gasteiger partial charge is 0.480 e. The number of carboxylic acid groups (broad SMARTS) is 2. The van der Waals surface area contributed by atoms with E-state index in [0.29, 0.717) is 29.0 Å². The third-order valence-corrected chi connectivity index (χ3v) is 5.22. The number of carboxylic acids is 2. The Balaban J connectivity index is 0.000000505. The van der Waals surface area contributed by atoms with Gasteiger partial charge in [-0.15, -0.1) is 0 Å². The molecule has 1 aromatic carbocycles. The number of nitrogens with zero attached hydrogens (tertiary/aromatic N) is 3. The standard InChI is InChI=1S/C22H22N6O3.C2HF3O2/c1-23-19-13-14(6-8-24-19)20-25-16-5-4-15(12-18(16)26-20)21(29)27-17(22(30)31)7-11-28-9-2-3-10-28;3-2(4,5)1(6)7/h2-6,8-10,12-13,17H,7,11H2,1H3,(H,23,24)(H,25,26)(H,27,29)(H,30,31);(H,6,7)/t17-;/m0./s1. The molecule has 3 aromatic heterocycles. The molecule has 0 aliphatic rings. The fourth-order valence-corrected chi connectivity index (χ4v) is 3.30. The zero-order chi connectivity index (χ0) is 27.9. The number of aromatic amines is 1. The zero-order valence-corrected chi connectivity index (χ0v) is 19.9. The Kier molecular flexibility index (Phi) is 8.68. The lowest BCUT2D eigenvalue weighted by molar-refractivity contribution is -0.192. The minimum Gasteiger partial charge on any atom is -0.480 e. The maximum Gasteiger partial charge on any atom is 0.490 e. The second-order valence-electron chi connectivity index (χ2n) is 7.87. The van der Waals surface area contributed by atoms with Gasteiger partial charge >= 0.3 is 18.1 Å². The fourth-order valence-electron chi connectivity index (χ4n) is 3.30. The number of anilines is 1. The Morgan fingerprint density at radius 2 is 1.79 bits per heavy atom. The number of pyridine rings is 1. The average molecular weight is 532 g/mol. The van der Waals surface area contributed by atoms with E-state index in [1.165, 1.54) is 0 Å². The van der Waals surface area contributed by atoms with Crippen LogP contribution in [0.5, 0.6) is 0 Å². The van der Waals surface area contributed by atoms with Gasteiger partial charge in [0.1, 0.15) is 17.7 Å². The van der Waals surface area contributed by atoms with Crippen LogP contribution in [0.3, 0.4) is 0 Å². The van der Waals surface area contributed by atoms with Gasteiger partial charge in [0.2, 0.25) is 0 Å². The highest BCUT2D eigenvalue weighted by Gasteiger charge is 2.38. The van der Waals surface area contributed by atoms with Crippen molar-refractivity contribution >= 4 is 34.7 Å². The zero-order valence-electron chi connectivity index (χ0n) is 19.9. The molecular weight excluding hydrogens is 509 g/mol. The van der Waals surface area contributed by atoms with E-state index >= 15 is 0 Å². The molecule has 4 rings (SSSR count). The van der Waals surface area contributed by atoms with Crippen LogP contribution in [0.25, 0.3) is 22.4 Å². The predicted octanol–water partition coefficient (Wildman–Crippen LogP) is 3.37. The second-order valence-corrected chi connectivity index (χ2v) is 7.87. The summed E-state index contributed by atoms with van der Waals surface area (Å²) in [5.41, 5.74) is 2.61. The number of halogens is 3. The number of hydrogen-bond donors (Lipinski definition) is 5. The number of fused-ring (bicyclic) bond motifs is 1. The Labute approximate surface area is 213 Å². The van der Waals surface area contributed by atoms with Crippen molar-refractivity contribution in [3.8, 4) is 11.4 Å². The van der Waals surface area contributed by atoms with E-state index in [-0.39, 0.29) is 6.42 Å². The molecule has 0 unspecified atom stereocenters. The first-order valence-corrected chi connectivity index (χ1v) is 11.1. The highest BCUT2D eigenvalue weighted by molar-refractivity contribution is 5.99. The van der Waals surface area contributed by atoms with E-state index in [2.05, 4.69) is 25.6 Å². The predicted molar refractivity (Wildman–Crippen MR) is 131 cm³/mol. The number of imidazole rings is 1. The summed E-state index contributed by atoms with van der Waals surface area (Å²) in [6, 6.07) is 11.5. The Hall–Kier alpha value is -4.88. The van der Waals surface area contributed by atoms with Gasteiger partial charge in [0, 0.05) is 43.3 Å². The van der Waals surface area contributed by atoms with Crippen molar-refractivity contribution in [3.63, 3.8) is 0 Å². The third kappa shape index (κ3) is 7.32. The molecule has 0 saturated heterocycles. The molecule has 0 fully saturated rings. The summed E-state index contributed by atoms with van der Waals surface area (Å²) in [6.07, 6.45) is 0.592. The summed E-state index contributed by atoms with van der Waals surface area (Å²) in [4.78, 5) is 45.2. The molecule has 0 spiro atoms. The lowest BCUT2D eigenvalue weighted by atomic mass is 10.1. The highest BCUT2D eigenvalue weighted by atomic mass is 19.4. The summed E-state index contributed by atoms with van der Waals surface area (Å²) in [5.74, 6) is -2.89. The number of carbonyl (C=O) groups excluding carboxylic acids is 1. The molecule has 0 radical (unpaired) electrons. The van der Waals surface area contributed by atoms with Crippen molar-refractivity contribution in [1.29, 1.82) is 0 Å². The SMILES string of the molecule is CNc1cc(-c2nc3ccc(C(=O)N[C@@H](CCn4cccc4)C(=O)O)cc3[nH]2)ccn1.O=C(O)C(F)(F)F. The molecule has 0 bridgehead atoms. The van der Waals surface area contributed by atoms with E-state index in [4.69, 9.17) is 9.90 Å². The third-order valence-electron chi connectivity index (χ3n) is 5.22. The molecule has 0 aliphatic carbocycles. The number of rotatable bonds is 8. The molecule has 4 aromatic rings. The summed E-state index contributed by atoms with van der Waals surface area (Å²) >= 11 is 0. The molecule has 1 atom stereocenters. The minimum absolute atomic E-state index is 0.280. The number of aliphatic carboxylic acids is 2. The van der Waals surface area contributed by atoms with Crippen molar-refractivity contribution < 1.29 is 37.8 Å². The van der Waals surface area contributed by atoms with Crippen LogP contribution in [-0.2, 0) is 16.1 Å². The number of aryl methyl sites for hydroxylation is 1. The van der Waals surface area contributed by atoms with Gasteiger partial charge in [0.25, 0.3) is 5.91 Å². The summed E-state index contributed by atoms with van der Waals surface area (Å²) in [7, 11) is 1.79. The molecule has 1 amide bonds. The minimum atomic E-state index is -5.08. The maximum atomic E-state index is 12.7. The van der Waals surface area contributed by atoms with Gasteiger partial charge in [0.15, 0.2) is 0 Å². The fraction of sp³-hybridized carbons (Fsp3) is 0.208. The molecule has 200 valence electrons. The van der Waals surface area contributed by atoms with Crippen molar-refractivity contribution in [2.45, 2.75) is 25.2 Å². The van der Waals surface area contributed by atoms with E-state index < -0.39 is 30.1 Å². The van der Waals surface area contributed by atoms with Gasteiger partial charge < -0.3 is 30.4 Å². The molecule has 0 aliphatic heterocycles. The van der Waals surface area contributed by atoms with Gasteiger partial charge in [0.05, 0.1) is 11.0 Å². The van der Waals surface area contributed by atoms with Crippen LogP contribution in [0, 0.1) is 0 Å². The summed E-state index contributed by atoms with van der Waals surface area (Å²) < 4.78 is 33.6. The van der Waals surface area contributed by atoms with E-state index in [1.807, 2.05) is 41.2 Å². The quantitative estimate of drug-likeness (QED) is 0.231. The van der Waals surface area contributed by atoms with Gasteiger partial charge in [-0.05, 0) is 48.9 Å². The molecule has 5 N–H and O–H groups in total. The summed E-state index contributed by atoms with van der Waals surface area (Å²) in [6.45, 7) is 0.494. The first kappa shape index (κ1) is 27.7. The van der Waals surface area contributed by atoms with Gasteiger partial charge in [-0.3, -0.25) is 4.79 Å². The van der Waals surface area contributed by atoms with E-state index in [1.54, 1.807) is 31.4 Å². The van der Waals surface area contributed by atoms with Crippen molar-refractivity contribution in [2.24, 2.45) is 0 Å². The summed E-state index contributed by atoms with van der Waals surface area (Å²) in [5, 5.41) is 22.2. The number of aromatic nitrogens is 4. The van der Waals surface area contributed by atoms with Crippen LogP contribution in [0.15, 0.2) is 61.1 Å². The Morgan fingerprint density at radius 3 is 2.39 bits per heavy atom. The first-order valence-electron chi connectivity index (χ1n) is 11.1. The number of carbonyl (C=O) groups is 3. The van der Waals surface area contributed by atoms with E-state index in [0.717, 1.165) is 11.4 Å². The molecule has 14 heteroatoms. The lowest BCUT2D eigenvalue weighted by Crippen LogP contribution is -2.41. The highest BCUT2D eigenvalue weighted by Crippen LogP contribution is 2.22. The van der Waals surface area contributed by atoms with Crippen LogP contribution >= 0.6 is 0 Å². The van der Waals surface area contributed by atoms with Gasteiger partial charge in [-0.2, -0.15) is 13.2 Å². The molecular formula is C24H23F3N6O5. The number of benzene rings is 1. The molecule has 0 saturated carbocycles. The maximum absolute atomic E-state index is 12.7. The van der Waals surface area contributed by atoms with Crippen LogP contribution in [0.4, 0.5) is 19.0 Å². The van der Waals surface area contributed by atoms with Crippen LogP contribution < -0.4 is 10.6 Å². The van der Waals surface area contributed by atoms with Crippen molar-refractivity contribution in [1.82, 2.24) is 24.8 Å². The van der Waals surface area contributed by atoms with Crippen molar-refractivity contribution in [3.05, 3.63) is 66.6 Å². The van der Waals surface area contributed by atoms with E-state index in [9.17, 15) is 27.9 Å². The number of alkyl halides is 3. The number of amides is 1. The molecule has 3 heterocycles. The number of nitrogens with one attached hydrogen (secondary N) is 3. The van der Waals surface area contributed by atoms with Crippen molar-refractivity contribution in [2.75, 3.05) is 12.4 Å². The topological polar surface area (TPSA) is 162 Å². The second kappa shape index (κ2) is 11.9. The molecule has 38 heavy (non-hydrogen) atoms. The average Bonchev–Trinajstić information content (AvgIpc) is 3.55. The van der Waals surface area contributed by atoms with Crippen LogP contribution in [0.2, 0.25) is 0 Å². The Bertz CT molecular complexity index is 1420. The largest absolute Gasteiger partial charge is 0.490 e. The van der Waals surface area contributed by atoms with Gasteiger partial charge in [-0.1, -0.05) is 0 Å². The van der Waals surface area contributed by atoms with Crippen LogP contribution in [0.1, 0.15) is 16.8 Å². The van der Waals surface area contributed by atoms with Gasteiger partial charge in [-0.25, -0.2) is 19.6 Å². The first-order chi connectivity index (χ1) is 18.0. The Morgan fingerprint density at radius 1 is 1.11 bits per heavy atom. The van der Waals surface area contributed by atoms with Crippen LogP contribution in [-0.4, -0.2) is 66.8 Å².